The third-order valence-electron chi connectivity index (χ3n) is 2.78. The van der Waals surface area contributed by atoms with E-state index in [0.29, 0.717) is 25.1 Å². The van der Waals surface area contributed by atoms with Crippen molar-refractivity contribution in [3.8, 4) is 0 Å². The molecule has 1 aromatic carbocycles. The van der Waals surface area contributed by atoms with Crippen LogP contribution in [0.3, 0.4) is 0 Å². The van der Waals surface area contributed by atoms with Gasteiger partial charge >= 0.3 is 6.09 Å². The summed E-state index contributed by atoms with van der Waals surface area (Å²) >= 11 is 0. The molecule has 0 aliphatic rings. The highest BCUT2D eigenvalue weighted by molar-refractivity contribution is 5.67. The highest BCUT2D eigenvalue weighted by atomic mass is 19.1. The Balaban J connectivity index is 2.26. The minimum Gasteiger partial charge on any atom is -0.444 e. The molecular formula is C16H24F2N2O2. The molecule has 1 unspecified atom stereocenters. The quantitative estimate of drug-likeness (QED) is 0.848. The van der Waals surface area contributed by atoms with Crippen molar-refractivity contribution in [2.24, 2.45) is 0 Å². The largest absolute Gasteiger partial charge is 0.444 e. The number of amides is 1. The summed E-state index contributed by atoms with van der Waals surface area (Å²) in [7, 11) is 0. The van der Waals surface area contributed by atoms with E-state index in [1.165, 1.54) is 12.1 Å². The number of hydrogen-bond donors (Lipinski definition) is 2. The molecule has 0 saturated heterocycles. The smallest absolute Gasteiger partial charge is 0.407 e. The van der Waals surface area contributed by atoms with Gasteiger partial charge in [-0.25, -0.2) is 13.6 Å². The van der Waals surface area contributed by atoms with Crippen LogP contribution < -0.4 is 10.6 Å². The van der Waals surface area contributed by atoms with E-state index < -0.39 is 23.3 Å². The zero-order chi connectivity index (χ0) is 16.8. The van der Waals surface area contributed by atoms with E-state index in [2.05, 4.69) is 10.6 Å². The number of benzene rings is 1. The first-order valence-electron chi connectivity index (χ1n) is 7.31. The normalized spacial score (nSPS) is 12.8. The maximum atomic E-state index is 13.0. The zero-order valence-electron chi connectivity index (χ0n) is 13.5. The van der Waals surface area contributed by atoms with Crippen molar-refractivity contribution < 1.29 is 18.3 Å². The molecule has 0 bridgehead atoms. The Morgan fingerprint density at radius 3 is 2.36 bits per heavy atom. The summed E-state index contributed by atoms with van der Waals surface area (Å²) < 4.78 is 31.2. The first-order valence-corrected chi connectivity index (χ1v) is 7.31. The second-order valence-electron chi connectivity index (χ2n) is 6.27. The van der Waals surface area contributed by atoms with Crippen molar-refractivity contribution in [3.63, 3.8) is 0 Å². The van der Waals surface area contributed by atoms with Crippen LogP contribution >= 0.6 is 0 Å². The molecule has 0 saturated carbocycles. The van der Waals surface area contributed by atoms with Gasteiger partial charge in [0.15, 0.2) is 0 Å². The molecule has 124 valence electrons. The summed E-state index contributed by atoms with van der Waals surface area (Å²) in [4.78, 5) is 11.5. The molecule has 0 heterocycles. The van der Waals surface area contributed by atoms with Crippen molar-refractivity contribution in [2.75, 3.05) is 13.1 Å². The maximum Gasteiger partial charge on any atom is 0.407 e. The fourth-order valence-corrected chi connectivity index (χ4v) is 1.84. The van der Waals surface area contributed by atoms with Crippen LogP contribution in [0.5, 0.6) is 0 Å². The van der Waals surface area contributed by atoms with Gasteiger partial charge in [0, 0.05) is 18.7 Å². The van der Waals surface area contributed by atoms with Crippen LogP contribution in [0.2, 0.25) is 0 Å². The molecule has 6 heteroatoms. The van der Waals surface area contributed by atoms with E-state index in [1.807, 2.05) is 6.92 Å². The number of hydrogen-bond acceptors (Lipinski definition) is 3. The topological polar surface area (TPSA) is 50.4 Å². The lowest BCUT2D eigenvalue weighted by molar-refractivity contribution is 0.0523. The average molecular weight is 314 g/mol. The lowest BCUT2D eigenvalue weighted by Gasteiger charge is -2.21. The molecule has 1 aromatic rings. The summed E-state index contributed by atoms with van der Waals surface area (Å²) in [6, 6.07) is 3.50. The molecule has 0 aliphatic carbocycles. The van der Waals surface area contributed by atoms with Gasteiger partial charge in [0.25, 0.3) is 0 Å². The third-order valence-corrected chi connectivity index (χ3v) is 2.78. The first kappa shape index (κ1) is 18.4. The van der Waals surface area contributed by atoms with Crippen molar-refractivity contribution >= 4 is 6.09 Å². The predicted octanol–water partition coefficient (Wildman–Crippen LogP) is 3.01. The highest BCUT2D eigenvalue weighted by Crippen LogP contribution is 2.08. The molecule has 0 radical (unpaired) electrons. The van der Waals surface area contributed by atoms with Gasteiger partial charge in [0.2, 0.25) is 0 Å². The van der Waals surface area contributed by atoms with E-state index in [0.717, 1.165) is 6.07 Å². The molecule has 22 heavy (non-hydrogen) atoms. The molecule has 1 atom stereocenters. The number of alkyl carbamates (subject to hydrolysis) is 1. The Bertz CT molecular complexity index is 481. The summed E-state index contributed by atoms with van der Waals surface area (Å²) in [5.41, 5.74) is 0.0691. The van der Waals surface area contributed by atoms with Crippen LogP contribution in [0.1, 0.15) is 33.3 Å². The van der Waals surface area contributed by atoms with Gasteiger partial charge in [-0.15, -0.1) is 0 Å². The van der Waals surface area contributed by atoms with E-state index in [-0.39, 0.29) is 6.04 Å². The number of carbonyl (C=O) groups excluding carboxylic acids is 1. The lowest BCUT2D eigenvalue weighted by atomic mass is 10.1. The maximum absolute atomic E-state index is 13.0. The lowest BCUT2D eigenvalue weighted by Crippen LogP contribution is -2.41. The zero-order valence-corrected chi connectivity index (χ0v) is 13.5. The fourth-order valence-electron chi connectivity index (χ4n) is 1.84. The van der Waals surface area contributed by atoms with Gasteiger partial charge in [-0.1, -0.05) is 0 Å². The summed E-state index contributed by atoms with van der Waals surface area (Å²) in [5, 5.41) is 5.84. The second kappa shape index (κ2) is 8.08. The molecule has 2 N–H and O–H groups in total. The first-order chi connectivity index (χ1) is 10.2. The average Bonchev–Trinajstić information content (AvgIpc) is 2.33. The number of carbonyl (C=O) groups is 1. The summed E-state index contributed by atoms with van der Waals surface area (Å²) in [6.07, 6.45) is 0.0409. The fraction of sp³-hybridized carbons (Fsp3) is 0.562. The van der Waals surface area contributed by atoms with Crippen molar-refractivity contribution in [1.82, 2.24) is 10.6 Å². The van der Waals surface area contributed by atoms with Crippen LogP contribution in [0.25, 0.3) is 0 Å². The highest BCUT2D eigenvalue weighted by Gasteiger charge is 2.16. The monoisotopic (exact) mass is 314 g/mol. The molecule has 1 amide bonds. The Kier molecular flexibility index (Phi) is 6.74. The molecule has 1 rings (SSSR count). The molecule has 0 spiro atoms. The van der Waals surface area contributed by atoms with Gasteiger partial charge in [0.1, 0.15) is 17.2 Å². The minimum absolute atomic E-state index is 0.0194. The third kappa shape index (κ3) is 7.93. The Labute approximate surface area is 130 Å². The van der Waals surface area contributed by atoms with Crippen molar-refractivity contribution in [3.05, 3.63) is 35.4 Å². The second-order valence-corrected chi connectivity index (χ2v) is 6.27. The SMILES string of the molecule is CC(CNC(=O)OC(C)(C)C)NCCc1cc(F)cc(F)c1. The Morgan fingerprint density at radius 1 is 1.23 bits per heavy atom. The molecular weight excluding hydrogens is 290 g/mol. The Morgan fingerprint density at radius 2 is 1.82 bits per heavy atom. The van der Waals surface area contributed by atoms with Gasteiger partial charge in [0.05, 0.1) is 0 Å². The van der Waals surface area contributed by atoms with Crippen LogP contribution in [-0.4, -0.2) is 30.8 Å². The Hall–Kier alpha value is -1.69. The van der Waals surface area contributed by atoms with Crippen LogP contribution in [0.15, 0.2) is 18.2 Å². The number of halogens is 2. The molecule has 4 nitrogen and oxygen atoms in total. The molecule has 0 aliphatic heterocycles. The van der Waals surface area contributed by atoms with Crippen molar-refractivity contribution in [2.45, 2.75) is 45.8 Å². The minimum atomic E-state index is -0.574. The van der Waals surface area contributed by atoms with Gasteiger partial charge in [-0.05, 0) is 58.4 Å². The standard InChI is InChI=1S/C16H24F2N2O2/c1-11(10-20-15(21)22-16(2,3)4)19-6-5-12-7-13(17)9-14(18)8-12/h7-9,11,19H,5-6,10H2,1-4H3,(H,20,21). The van der Waals surface area contributed by atoms with Crippen LogP contribution in [0, 0.1) is 11.6 Å². The van der Waals surface area contributed by atoms with Crippen LogP contribution in [-0.2, 0) is 11.2 Å². The van der Waals surface area contributed by atoms with E-state index in [9.17, 15) is 13.6 Å². The van der Waals surface area contributed by atoms with E-state index in [4.69, 9.17) is 4.74 Å². The predicted molar refractivity (Wildman–Crippen MR) is 81.8 cm³/mol. The number of nitrogens with one attached hydrogen (secondary N) is 2. The summed E-state index contributed by atoms with van der Waals surface area (Å²) in [6.45, 7) is 8.27. The number of rotatable bonds is 6. The van der Waals surface area contributed by atoms with E-state index >= 15 is 0 Å². The van der Waals surface area contributed by atoms with Crippen LogP contribution in [0.4, 0.5) is 13.6 Å². The number of ether oxygens (including phenoxy) is 1. The van der Waals surface area contributed by atoms with Crippen molar-refractivity contribution in [1.29, 1.82) is 0 Å². The van der Waals surface area contributed by atoms with Gasteiger partial charge < -0.3 is 15.4 Å². The van der Waals surface area contributed by atoms with E-state index in [1.54, 1.807) is 20.8 Å². The molecule has 0 fully saturated rings. The van der Waals surface area contributed by atoms with Gasteiger partial charge in [-0.2, -0.15) is 0 Å². The summed E-state index contributed by atoms with van der Waals surface area (Å²) in [5.74, 6) is -1.15. The molecule has 0 aromatic heterocycles. The van der Waals surface area contributed by atoms with Gasteiger partial charge in [-0.3, -0.25) is 0 Å².